The molecule has 6 nitrogen and oxygen atoms in total. The molecule has 0 bridgehead atoms. The van der Waals surface area contributed by atoms with Crippen LogP contribution in [-0.2, 0) is 16.6 Å². The van der Waals surface area contributed by atoms with E-state index in [1.54, 1.807) is 12.3 Å². The highest BCUT2D eigenvalue weighted by molar-refractivity contribution is 7.89. The van der Waals surface area contributed by atoms with Crippen molar-refractivity contribution in [2.24, 2.45) is 0 Å². The average Bonchev–Trinajstić information content (AvgIpc) is 2.95. The second-order valence-corrected chi connectivity index (χ2v) is 6.10. The molecular weight excluding hydrogens is 278 g/mol. The second-order valence-electron chi connectivity index (χ2n) is 4.29. The van der Waals surface area contributed by atoms with E-state index in [-0.39, 0.29) is 11.1 Å². The summed E-state index contributed by atoms with van der Waals surface area (Å²) in [4.78, 5) is 4.25. The van der Waals surface area contributed by atoms with E-state index in [4.69, 9.17) is 4.42 Å². The molecule has 2 N–H and O–H groups in total. The summed E-state index contributed by atoms with van der Waals surface area (Å²) in [6.45, 7) is 2.41. The van der Waals surface area contributed by atoms with Gasteiger partial charge in [0.2, 0.25) is 5.09 Å². The number of rotatable bonds is 6. The predicted octanol–water partition coefficient (Wildman–Crippen LogP) is 1.43. The van der Waals surface area contributed by atoms with E-state index in [9.17, 15) is 8.42 Å². The van der Waals surface area contributed by atoms with Gasteiger partial charge in [-0.1, -0.05) is 6.07 Å². The molecule has 0 aliphatic rings. The Hall–Kier alpha value is -1.70. The predicted molar refractivity (Wildman–Crippen MR) is 74.4 cm³/mol. The van der Waals surface area contributed by atoms with Crippen molar-refractivity contribution in [3.8, 4) is 0 Å². The summed E-state index contributed by atoms with van der Waals surface area (Å²) >= 11 is 0. The van der Waals surface area contributed by atoms with Gasteiger partial charge in [0.15, 0.2) is 0 Å². The first-order chi connectivity index (χ1) is 9.53. The van der Waals surface area contributed by atoms with Gasteiger partial charge in [-0.05, 0) is 38.2 Å². The van der Waals surface area contributed by atoms with E-state index in [2.05, 4.69) is 15.0 Å². The summed E-state index contributed by atoms with van der Waals surface area (Å²) in [5.74, 6) is 0.557. The van der Waals surface area contributed by atoms with Crippen LogP contribution >= 0.6 is 0 Å². The van der Waals surface area contributed by atoms with Gasteiger partial charge in [-0.3, -0.25) is 4.98 Å². The van der Waals surface area contributed by atoms with Crippen LogP contribution in [-0.4, -0.2) is 20.4 Å². The van der Waals surface area contributed by atoms with Gasteiger partial charge in [0.05, 0.1) is 12.2 Å². The maximum atomic E-state index is 11.5. The molecule has 7 heteroatoms. The lowest BCUT2D eigenvalue weighted by atomic mass is 10.2. The van der Waals surface area contributed by atoms with Gasteiger partial charge in [-0.2, -0.15) is 0 Å². The molecule has 0 aromatic carbocycles. The molecule has 108 valence electrons. The molecule has 20 heavy (non-hydrogen) atoms. The van der Waals surface area contributed by atoms with Gasteiger partial charge < -0.3 is 9.73 Å². The number of pyridine rings is 1. The third kappa shape index (κ3) is 3.44. The molecule has 0 aliphatic carbocycles. The van der Waals surface area contributed by atoms with Crippen LogP contribution < -0.4 is 10.0 Å². The lowest BCUT2D eigenvalue weighted by Crippen LogP contribution is -2.19. The number of hydrogen-bond acceptors (Lipinski definition) is 5. The number of aromatic nitrogens is 1. The minimum Gasteiger partial charge on any atom is -0.447 e. The SMILES string of the molecule is CNS(=O)(=O)c1ccc(CNC(C)c2ccccn2)o1. The van der Waals surface area contributed by atoms with Crippen molar-refractivity contribution in [1.82, 2.24) is 15.0 Å². The van der Waals surface area contributed by atoms with E-state index in [0.717, 1.165) is 5.69 Å². The quantitative estimate of drug-likeness (QED) is 0.842. The Morgan fingerprint density at radius 3 is 2.75 bits per heavy atom. The van der Waals surface area contributed by atoms with Gasteiger partial charge in [0.25, 0.3) is 10.0 Å². The van der Waals surface area contributed by atoms with Crippen molar-refractivity contribution >= 4 is 10.0 Å². The molecule has 0 radical (unpaired) electrons. The zero-order chi connectivity index (χ0) is 14.6. The van der Waals surface area contributed by atoms with Crippen molar-refractivity contribution in [3.63, 3.8) is 0 Å². The van der Waals surface area contributed by atoms with E-state index >= 15 is 0 Å². The van der Waals surface area contributed by atoms with Crippen molar-refractivity contribution in [2.75, 3.05) is 7.05 Å². The van der Waals surface area contributed by atoms with Crippen LogP contribution in [0, 0.1) is 0 Å². The summed E-state index contributed by atoms with van der Waals surface area (Å²) in [5.41, 5.74) is 0.919. The fourth-order valence-corrected chi connectivity index (χ4v) is 2.35. The minimum absolute atomic E-state index is 0.0469. The smallest absolute Gasteiger partial charge is 0.273 e. The van der Waals surface area contributed by atoms with E-state index in [1.807, 2.05) is 25.1 Å². The average molecular weight is 295 g/mol. The molecule has 2 aromatic rings. The van der Waals surface area contributed by atoms with Crippen LogP contribution in [0.25, 0.3) is 0 Å². The molecule has 0 spiro atoms. The minimum atomic E-state index is -3.52. The summed E-state index contributed by atoms with van der Waals surface area (Å²) in [7, 11) is -2.18. The summed E-state index contributed by atoms with van der Waals surface area (Å²) < 4.78 is 30.6. The van der Waals surface area contributed by atoms with Crippen molar-refractivity contribution in [2.45, 2.75) is 24.6 Å². The van der Waals surface area contributed by atoms with E-state index in [0.29, 0.717) is 12.3 Å². The van der Waals surface area contributed by atoms with E-state index in [1.165, 1.54) is 13.1 Å². The van der Waals surface area contributed by atoms with Crippen molar-refractivity contribution < 1.29 is 12.8 Å². The van der Waals surface area contributed by atoms with Gasteiger partial charge in [-0.15, -0.1) is 0 Å². The zero-order valence-corrected chi connectivity index (χ0v) is 12.1. The Kier molecular flexibility index (Phi) is 4.53. The number of furan rings is 1. The number of hydrogen-bond donors (Lipinski definition) is 2. The highest BCUT2D eigenvalue weighted by atomic mass is 32.2. The summed E-state index contributed by atoms with van der Waals surface area (Å²) in [6.07, 6.45) is 1.73. The summed E-state index contributed by atoms with van der Waals surface area (Å²) in [5, 5.41) is 3.15. The molecule has 2 aromatic heterocycles. The Morgan fingerprint density at radius 1 is 1.30 bits per heavy atom. The lowest BCUT2D eigenvalue weighted by molar-refractivity contribution is 0.391. The zero-order valence-electron chi connectivity index (χ0n) is 11.3. The second kappa shape index (κ2) is 6.17. The van der Waals surface area contributed by atoms with Gasteiger partial charge >= 0.3 is 0 Å². The van der Waals surface area contributed by atoms with Crippen LogP contribution in [0.3, 0.4) is 0 Å². The molecule has 0 aliphatic heterocycles. The first-order valence-corrected chi connectivity index (χ1v) is 7.68. The van der Waals surface area contributed by atoms with Gasteiger partial charge in [0, 0.05) is 12.2 Å². The molecule has 1 unspecified atom stereocenters. The molecule has 0 saturated carbocycles. The Labute approximate surface area is 118 Å². The molecule has 0 amide bonds. The fraction of sp³-hybridized carbons (Fsp3) is 0.308. The topological polar surface area (TPSA) is 84.2 Å². The highest BCUT2D eigenvalue weighted by Gasteiger charge is 2.16. The monoisotopic (exact) mass is 295 g/mol. The van der Waals surface area contributed by atoms with Crippen LogP contribution in [0.4, 0.5) is 0 Å². The Bertz CT molecular complexity index is 653. The lowest BCUT2D eigenvalue weighted by Gasteiger charge is -2.11. The normalized spacial score (nSPS) is 13.3. The number of nitrogens with one attached hydrogen (secondary N) is 2. The van der Waals surface area contributed by atoms with Gasteiger partial charge in [0.1, 0.15) is 5.76 Å². The molecule has 0 fully saturated rings. The molecule has 0 saturated heterocycles. The Balaban J connectivity index is 1.99. The first kappa shape index (κ1) is 14.7. The first-order valence-electron chi connectivity index (χ1n) is 6.19. The van der Waals surface area contributed by atoms with Crippen molar-refractivity contribution in [3.05, 3.63) is 48.0 Å². The number of nitrogens with zero attached hydrogens (tertiary/aromatic N) is 1. The maximum Gasteiger partial charge on any atom is 0.273 e. The molecule has 2 rings (SSSR count). The molecule has 2 heterocycles. The van der Waals surface area contributed by atoms with Crippen molar-refractivity contribution in [1.29, 1.82) is 0 Å². The van der Waals surface area contributed by atoms with Crippen LogP contribution in [0.2, 0.25) is 0 Å². The standard InChI is InChI=1S/C13H17N3O3S/c1-10(12-5-3-4-8-15-12)16-9-11-6-7-13(19-11)20(17,18)14-2/h3-8,10,14,16H,9H2,1-2H3. The van der Waals surface area contributed by atoms with Gasteiger partial charge in [-0.25, -0.2) is 13.1 Å². The van der Waals surface area contributed by atoms with E-state index < -0.39 is 10.0 Å². The third-order valence-electron chi connectivity index (χ3n) is 2.88. The molecule has 1 atom stereocenters. The van der Waals surface area contributed by atoms with Crippen LogP contribution in [0.5, 0.6) is 0 Å². The third-order valence-corrected chi connectivity index (χ3v) is 4.17. The Morgan fingerprint density at radius 2 is 2.10 bits per heavy atom. The van der Waals surface area contributed by atoms with Crippen LogP contribution in [0.1, 0.15) is 24.4 Å². The largest absolute Gasteiger partial charge is 0.447 e. The van der Waals surface area contributed by atoms with Crippen LogP contribution in [0.15, 0.2) is 46.0 Å². The highest BCUT2D eigenvalue weighted by Crippen LogP contribution is 2.15. The summed E-state index contributed by atoms with van der Waals surface area (Å²) in [6, 6.07) is 8.83. The maximum absolute atomic E-state index is 11.5. The fourth-order valence-electron chi connectivity index (χ4n) is 1.69. The number of sulfonamides is 1. The molecular formula is C13H17N3O3S.